The molecule has 0 nitrogen and oxygen atoms in total. The van der Waals surface area contributed by atoms with Gasteiger partial charge in [-0.05, 0) is 0 Å². The topological polar surface area (TPSA) is 0 Å². The maximum absolute atomic E-state index is 2.61. The number of allylic oxidation sites excluding steroid dienone is 8. The van der Waals surface area contributed by atoms with E-state index < -0.39 is 31.0 Å². The van der Waals surface area contributed by atoms with Gasteiger partial charge in [0.25, 0.3) is 0 Å². The van der Waals surface area contributed by atoms with Crippen molar-refractivity contribution in [1.29, 1.82) is 0 Å². The van der Waals surface area contributed by atoms with E-state index in [9.17, 15) is 0 Å². The van der Waals surface area contributed by atoms with E-state index in [1.54, 1.807) is 31.0 Å². The van der Waals surface area contributed by atoms with Gasteiger partial charge in [-0.2, -0.15) is 0 Å². The normalized spacial score (nSPS) is 35.4. The minimum absolute atomic E-state index is 0. The van der Waals surface area contributed by atoms with Crippen LogP contribution in [0.4, 0.5) is 0 Å². The molecule has 0 N–H and O–H groups in total. The van der Waals surface area contributed by atoms with Gasteiger partial charge in [-0.1, -0.05) is 0 Å². The first-order valence-corrected chi connectivity index (χ1v) is 15.4. The summed E-state index contributed by atoms with van der Waals surface area (Å²) in [4.78, 5) is 0. The fraction of sp³-hybridized carbons (Fsp3) is 0.579. The van der Waals surface area contributed by atoms with E-state index in [-0.39, 0.29) is 24.8 Å². The maximum Gasteiger partial charge on any atom is -1.00 e. The molecule has 4 rings (SSSR count). The van der Waals surface area contributed by atoms with Crippen LogP contribution in [0.1, 0.15) is 26.2 Å². The summed E-state index contributed by atoms with van der Waals surface area (Å²) in [6.07, 6.45) is 21.4. The van der Waals surface area contributed by atoms with E-state index in [1.165, 1.54) is 10.1 Å². The van der Waals surface area contributed by atoms with Gasteiger partial charge in [-0.15, -0.1) is 0 Å². The molecule has 4 atom stereocenters. The van der Waals surface area contributed by atoms with Gasteiger partial charge < -0.3 is 24.8 Å². The molecule has 1 saturated carbocycles. The molecule has 2 fully saturated rings. The number of hydrogen-bond acceptors (Lipinski definition) is 0. The number of halogens is 2. The van der Waals surface area contributed by atoms with E-state index in [2.05, 4.69) is 49.5 Å². The van der Waals surface area contributed by atoms with Crippen LogP contribution in [-0.2, 0) is 22.9 Å². The van der Waals surface area contributed by atoms with Crippen molar-refractivity contribution in [1.82, 2.24) is 0 Å². The van der Waals surface area contributed by atoms with Crippen LogP contribution in [0.25, 0.3) is 0 Å². The third kappa shape index (κ3) is 3.61. The summed E-state index contributed by atoms with van der Waals surface area (Å²) < 4.78 is 3.07. The van der Waals surface area contributed by atoms with Crippen LogP contribution in [-0.4, -0.2) is 8.07 Å². The fourth-order valence-electron chi connectivity index (χ4n) is 5.33. The molecule has 4 aliphatic rings. The first-order chi connectivity index (χ1) is 10.3. The number of fused-ring (bicyclic) bond motifs is 1. The molecule has 1 saturated heterocycles. The summed E-state index contributed by atoms with van der Waals surface area (Å²) in [5.41, 5.74) is 1.16. The Bertz CT molecular complexity index is 528. The predicted molar refractivity (Wildman–Crippen MR) is 89.7 cm³/mol. The molecule has 0 bridgehead atoms. The molecule has 0 spiro atoms. The van der Waals surface area contributed by atoms with Crippen LogP contribution in [0.15, 0.2) is 45.9 Å². The van der Waals surface area contributed by atoms with Crippen LogP contribution < -0.4 is 24.8 Å². The summed E-state index contributed by atoms with van der Waals surface area (Å²) >= 11 is -0.607. The van der Waals surface area contributed by atoms with Gasteiger partial charge in [0, 0.05) is 0 Å². The first-order valence-electron chi connectivity index (χ1n) is 8.80. The molecule has 1 aliphatic heterocycles. The monoisotopic (exact) mass is 532 g/mol. The molecule has 1 heterocycles. The van der Waals surface area contributed by atoms with Gasteiger partial charge in [0.05, 0.1) is 0 Å². The molecule has 0 aromatic carbocycles. The first kappa shape index (κ1) is 19.9. The van der Waals surface area contributed by atoms with Gasteiger partial charge in [0.2, 0.25) is 0 Å². The minimum atomic E-state index is -0.911. The number of rotatable bonds is 4. The standard InChI is InChI=1S/C14H21Si.C5H5.2ClH.Hf/c1-2-15(10-5-11-15)14-9-8-12-6-3-4-7-13(12)14;1-2-4-5-3-1;;;/h3-4,6-7,9,12-14H,2,5,8,10-11H2,1H3;1-3H,4H2;2*1H;/q;;;;+2/p-2. The number of hydrogen-bond donors (Lipinski definition) is 0. The molecule has 0 amide bonds. The molecule has 124 valence electrons. The molecule has 23 heavy (non-hydrogen) atoms. The van der Waals surface area contributed by atoms with Gasteiger partial charge in [-0.25, -0.2) is 0 Å². The minimum Gasteiger partial charge on any atom is -1.00 e. The Balaban J connectivity index is 0.000000960. The van der Waals surface area contributed by atoms with E-state index in [1.807, 2.05) is 3.33 Å². The summed E-state index contributed by atoms with van der Waals surface area (Å²) in [5, 5.41) is 0. The van der Waals surface area contributed by atoms with Crippen LogP contribution >= 0.6 is 0 Å². The van der Waals surface area contributed by atoms with Crippen molar-refractivity contribution in [2.24, 2.45) is 11.8 Å². The maximum atomic E-state index is 2.61. The predicted octanol–water partition coefficient (Wildman–Crippen LogP) is -0.286. The Labute approximate surface area is 166 Å². The second kappa shape index (κ2) is 8.34. The third-order valence-corrected chi connectivity index (χ3v) is 20.2. The summed E-state index contributed by atoms with van der Waals surface area (Å²) in [5.74, 6) is 1.85. The molecular formula is C19H26Cl2HfSi. The van der Waals surface area contributed by atoms with E-state index in [0.29, 0.717) is 0 Å². The molecular weight excluding hydrogens is 506 g/mol. The second-order valence-electron chi connectivity index (χ2n) is 7.42. The van der Waals surface area contributed by atoms with Crippen molar-refractivity contribution >= 4 is 8.07 Å². The van der Waals surface area contributed by atoms with Gasteiger partial charge >= 0.3 is 142 Å². The van der Waals surface area contributed by atoms with Crippen molar-refractivity contribution in [3.05, 3.63) is 45.9 Å². The zero-order chi connectivity index (χ0) is 14.3. The van der Waals surface area contributed by atoms with Crippen molar-refractivity contribution in [2.75, 3.05) is 0 Å². The van der Waals surface area contributed by atoms with E-state index in [0.717, 1.165) is 17.4 Å². The van der Waals surface area contributed by atoms with Crippen LogP contribution in [0, 0.1) is 11.8 Å². The fourth-order valence-corrected chi connectivity index (χ4v) is 21.2. The average molecular weight is 532 g/mol. The van der Waals surface area contributed by atoms with E-state index >= 15 is 0 Å². The van der Waals surface area contributed by atoms with Gasteiger partial charge in [0.1, 0.15) is 0 Å². The molecule has 3 aliphatic carbocycles. The molecule has 0 aromatic heterocycles. The summed E-state index contributed by atoms with van der Waals surface area (Å²) in [6.45, 7) is 2.53. The second-order valence-corrected chi connectivity index (χ2v) is 18.5. The van der Waals surface area contributed by atoms with Crippen LogP contribution in [0.5, 0.6) is 0 Å². The Hall–Kier alpha value is 0.627. The third-order valence-electron chi connectivity index (χ3n) is 6.57. The summed E-state index contributed by atoms with van der Waals surface area (Å²) in [6, 6.07) is 4.88. The zero-order valence-corrected chi connectivity index (χ0v) is 20.0. The Morgan fingerprint density at radius 1 is 1.13 bits per heavy atom. The van der Waals surface area contributed by atoms with Crippen LogP contribution in [0.2, 0.25) is 27.3 Å². The van der Waals surface area contributed by atoms with Gasteiger partial charge in [-0.3, -0.25) is 0 Å². The molecule has 0 radical (unpaired) electrons. The van der Waals surface area contributed by atoms with Crippen molar-refractivity contribution in [3.8, 4) is 0 Å². The van der Waals surface area contributed by atoms with E-state index in [4.69, 9.17) is 0 Å². The Morgan fingerprint density at radius 3 is 2.52 bits per heavy atom. The largest absolute Gasteiger partial charge is 1.00 e. The molecule has 0 aromatic rings. The van der Waals surface area contributed by atoms with Crippen molar-refractivity contribution in [2.45, 2.75) is 53.5 Å². The Kier molecular flexibility index (Phi) is 7.23. The average Bonchev–Trinajstić information content (AvgIpc) is 3.08. The van der Waals surface area contributed by atoms with Crippen molar-refractivity contribution < 1.29 is 47.7 Å². The quantitative estimate of drug-likeness (QED) is 0.438. The molecule has 4 heteroatoms. The Morgan fingerprint density at radius 2 is 1.91 bits per heavy atom. The smallest absolute Gasteiger partial charge is 1.00 e. The zero-order valence-electron chi connectivity index (χ0n) is 13.8. The molecule has 4 unspecified atom stereocenters. The van der Waals surface area contributed by atoms with Gasteiger partial charge in [0.15, 0.2) is 0 Å². The summed E-state index contributed by atoms with van der Waals surface area (Å²) in [7, 11) is -0.911. The van der Waals surface area contributed by atoms with Crippen LogP contribution in [0.3, 0.4) is 0 Å². The SMILES string of the molecule is CC[Si]1(C2[CH]([Hf+2][C]3=CC=CC3)CC3C=CC=CC32)CCC1.[Cl-].[Cl-]. The van der Waals surface area contributed by atoms with Crippen molar-refractivity contribution in [3.63, 3.8) is 0 Å².